The van der Waals surface area contributed by atoms with E-state index in [0.717, 1.165) is 89.9 Å². The lowest BCUT2D eigenvalue weighted by atomic mass is 9.84. The fraction of sp³-hybridized carbons (Fsp3) is 0.962. The molecular weight excluding hydrogens is 1860 g/mol. The molecule has 4 heterocycles. The van der Waals surface area contributed by atoms with E-state index in [2.05, 4.69) is 46.4 Å². The van der Waals surface area contributed by atoms with Crippen LogP contribution in [0.1, 0.15) is 442 Å². The third-order valence-electron chi connectivity index (χ3n) is 28.3. The molecule has 0 spiro atoms. The lowest BCUT2D eigenvalue weighted by molar-refractivity contribution is -0.435. The molecule has 0 saturated carbocycles. The molecule has 0 aromatic heterocycles. The summed E-state index contributed by atoms with van der Waals surface area (Å²) >= 11 is 0.101. The van der Waals surface area contributed by atoms with Gasteiger partial charge < -0.3 is 109 Å². The third-order valence-corrected chi connectivity index (χ3v) is 29.1. The van der Waals surface area contributed by atoms with Gasteiger partial charge in [-0.15, -0.1) is 8.67 Å². The van der Waals surface area contributed by atoms with E-state index in [1.165, 1.54) is 244 Å². The molecule has 4 aliphatic heterocycles. The quantitative estimate of drug-likeness (QED) is 0.00671. The molecule has 28 atom stereocenters. The normalized spacial score (nSPS) is 26.7. The number of hydrogen-bond donors (Lipinski definition) is 14. The van der Waals surface area contributed by atoms with Crippen molar-refractivity contribution in [3.63, 3.8) is 0 Å². The topological polar surface area (TPSA) is 499 Å². The van der Waals surface area contributed by atoms with Crippen molar-refractivity contribution in [2.45, 2.75) is 577 Å². The molecule has 4 fully saturated rings. The second-order valence-corrected chi connectivity index (χ2v) is 41.5. The number of rotatable bonds is 86. The van der Waals surface area contributed by atoms with Crippen molar-refractivity contribution >= 4 is 48.5 Å². The molecule has 0 amide bonds. The summed E-state index contributed by atoms with van der Waals surface area (Å²) in [4.78, 5) is 55.2. The molecular formula is C104H196O34S2. The zero-order valence-corrected chi connectivity index (χ0v) is 88.9. The number of carbonyl (C=O) groups is 4. The highest BCUT2D eigenvalue weighted by atomic mass is 32.2. The van der Waals surface area contributed by atoms with Crippen LogP contribution in [0, 0.1) is 35.5 Å². The summed E-state index contributed by atoms with van der Waals surface area (Å²) in [7, 11) is 0. The van der Waals surface area contributed by atoms with E-state index in [0.29, 0.717) is 19.3 Å². The summed E-state index contributed by atoms with van der Waals surface area (Å²) in [6.45, 7) is 16.6. The first-order valence-electron chi connectivity index (χ1n) is 54.9. The van der Waals surface area contributed by atoms with E-state index in [1.54, 1.807) is 20.8 Å². The number of esters is 4. The van der Waals surface area contributed by atoms with E-state index in [-0.39, 0.29) is 61.7 Å². The summed E-state index contributed by atoms with van der Waals surface area (Å²) in [6.07, 6.45) is 30.4. The molecule has 14 N–H and O–H groups in total. The highest BCUT2D eigenvalue weighted by Gasteiger charge is 2.57. The zero-order valence-electron chi connectivity index (χ0n) is 87.2. The van der Waals surface area contributed by atoms with Crippen LogP contribution in [-0.2, 0) is 93.7 Å². The Morgan fingerprint density at radius 2 is 0.543 bits per heavy atom. The maximum atomic E-state index is 14.0. The molecule has 4 aliphatic rings. The molecule has 28 unspecified atom stereocenters. The fourth-order valence-electron chi connectivity index (χ4n) is 19.1. The third kappa shape index (κ3) is 54.8. The van der Waals surface area contributed by atoms with E-state index >= 15 is 0 Å². The number of ether oxygens (including phenoxy) is 10. The summed E-state index contributed by atoms with van der Waals surface area (Å²) in [6, 6.07) is 0. The average molecular weight is 2050 g/mol. The van der Waals surface area contributed by atoms with Crippen LogP contribution in [0.25, 0.3) is 0 Å². The fourth-order valence-corrected chi connectivity index (χ4v) is 19.8. The second-order valence-electron chi connectivity index (χ2n) is 40.6. The Kier molecular flexibility index (Phi) is 78.3. The predicted molar refractivity (Wildman–Crippen MR) is 533 cm³/mol. The largest absolute Gasteiger partial charge is 0.455 e. The number of carbonyl (C=O) groups excluding carboxylic acids is 4. The molecule has 0 bridgehead atoms. The van der Waals surface area contributed by atoms with Crippen molar-refractivity contribution in [2.75, 3.05) is 26.4 Å². The molecule has 4 saturated heterocycles. The predicted octanol–water partition coefficient (Wildman–Crippen LogP) is 18.7. The molecule has 36 heteroatoms. The van der Waals surface area contributed by atoms with Crippen LogP contribution in [0.15, 0.2) is 0 Å². The van der Waals surface area contributed by atoms with Gasteiger partial charge in [0.05, 0.1) is 56.4 Å². The van der Waals surface area contributed by atoms with Gasteiger partial charge in [-0.05, 0) is 56.3 Å². The van der Waals surface area contributed by atoms with Crippen LogP contribution in [0.5, 0.6) is 0 Å². The molecule has 0 aliphatic carbocycles. The number of hydrogen-bond acceptors (Lipinski definition) is 36. The van der Waals surface area contributed by atoms with E-state index in [1.807, 2.05) is 20.8 Å². The van der Waals surface area contributed by atoms with Crippen LogP contribution >= 0.6 is 24.6 Å². The van der Waals surface area contributed by atoms with Crippen LogP contribution in [0.2, 0.25) is 0 Å². The number of unbranched alkanes of at least 4 members (excludes halogenated alkanes) is 48. The van der Waals surface area contributed by atoms with Crippen LogP contribution < -0.4 is 0 Å². The van der Waals surface area contributed by atoms with Crippen molar-refractivity contribution in [3.05, 3.63) is 0 Å². The Bertz CT molecular complexity index is 2950. The molecule has 34 nitrogen and oxygen atoms in total. The van der Waals surface area contributed by atoms with Gasteiger partial charge in [0.15, 0.2) is 73.9 Å². The van der Waals surface area contributed by atoms with Crippen molar-refractivity contribution < 1.29 is 165 Å². The molecule has 0 aromatic carbocycles. The van der Waals surface area contributed by atoms with Crippen LogP contribution in [0.4, 0.5) is 0 Å². The minimum Gasteiger partial charge on any atom is -0.455 e. The van der Waals surface area contributed by atoms with Gasteiger partial charge in [0.1, 0.15) is 61.0 Å². The van der Waals surface area contributed by atoms with Crippen molar-refractivity contribution in [1.29, 1.82) is 0 Å². The van der Waals surface area contributed by atoms with Gasteiger partial charge in [-0.25, -0.2) is 10.5 Å². The van der Waals surface area contributed by atoms with E-state index in [9.17, 15) is 80.5 Å². The van der Waals surface area contributed by atoms with Gasteiger partial charge in [0.25, 0.3) is 0 Å². The SMILES string of the molecule is CCCCCCCCCCCCCCCC(C)C(=O)OC1C(O)C(CO)OC(OC2OC(CO)C(O)C(O)C2OSOOO)C1OC(=O)C(C)CC(C)C(O)CCCCCCCCCCCCCCC.CCCCCCCCCCCCCCCCCC(=O)OC1C(OC2OC(CO)C(O)C(O)C2OSOOO)OC(CO)C(O)C1OC(=O)C(C)CC(C)C(O)C(C)CCCCCCCCCCCCC. The number of aliphatic hydroxyl groups is 12. The van der Waals surface area contributed by atoms with Gasteiger partial charge in [-0.2, -0.15) is 0 Å². The first kappa shape index (κ1) is 132. The zero-order chi connectivity index (χ0) is 103. The average Bonchev–Trinajstić information content (AvgIpc) is 0.777. The highest BCUT2D eigenvalue weighted by Crippen LogP contribution is 2.39. The van der Waals surface area contributed by atoms with Crippen LogP contribution in [0.3, 0.4) is 0 Å². The van der Waals surface area contributed by atoms with Gasteiger partial charge in [0, 0.05) is 6.42 Å². The van der Waals surface area contributed by atoms with Gasteiger partial charge in [0.2, 0.25) is 12.6 Å². The minimum atomic E-state index is -1.79. The smallest absolute Gasteiger partial charge is 0.309 e. The van der Waals surface area contributed by atoms with Gasteiger partial charge in [-0.3, -0.25) is 27.5 Å². The van der Waals surface area contributed by atoms with E-state index in [4.69, 9.17) is 66.2 Å². The Morgan fingerprint density at radius 3 is 0.857 bits per heavy atom. The summed E-state index contributed by atoms with van der Waals surface area (Å²) in [5, 5.41) is 153. The lowest BCUT2D eigenvalue weighted by Gasteiger charge is -2.46. The first-order valence-corrected chi connectivity index (χ1v) is 56.2. The summed E-state index contributed by atoms with van der Waals surface area (Å²) in [5.74, 6) is -5.63. The van der Waals surface area contributed by atoms with Crippen LogP contribution in [-0.4, -0.2) is 257 Å². The minimum absolute atomic E-state index is 0.00616. The van der Waals surface area contributed by atoms with Gasteiger partial charge in [-0.1, -0.05) is 407 Å². The summed E-state index contributed by atoms with van der Waals surface area (Å²) < 4.78 is 78.5. The Morgan fingerprint density at radius 1 is 0.286 bits per heavy atom. The Balaban J connectivity index is 0.000000720. The molecule has 828 valence electrons. The molecule has 140 heavy (non-hydrogen) atoms. The maximum Gasteiger partial charge on any atom is 0.309 e. The Labute approximate surface area is 848 Å². The Hall–Kier alpha value is -2.46. The van der Waals surface area contributed by atoms with E-state index < -0.39 is 203 Å². The van der Waals surface area contributed by atoms with Crippen molar-refractivity contribution in [3.8, 4) is 0 Å². The molecule has 4 rings (SSSR count). The lowest BCUT2D eigenvalue weighted by Crippen LogP contribution is -2.65. The summed E-state index contributed by atoms with van der Waals surface area (Å²) in [5.41, 5.74) is 0. The van der Waals surface area contributed by atoms with Crippen molar-refractivity contribution in [1.82, 2.24) is 0 Å². The molecule has 0 aromatic rings. The van der Waals surface area contributed by atoms with Gasteiger partial charge >= 0.3 is 23.9 Å². The maximum absolute atomic E-state index is 14.0. The first-order chi connectivity index (χ1) is 67.7. The molecule has 0 radical (unpaired) electrons. The highest BCUT2D eigenvalue weighted by molar-refractivity contribution is 7.89. The monoisotopic (exact) mass is 2050 g/mol. The second kappa shape index (κ2) is 83.3. The number of aliphatic hydroxyl groups excluding tert-OH is 12. The van der Waals surface area contributed by atoms with Crippen molar-refractivity contribution in [2.24, 2.45) is 35.5 Å². The standard InChI is InChI=1S/2C52H98O17S/c1-6-8-10-12-14-16-18-19-20-21-23-25-27-29-31-33-42(55)64-49-47(45(58)41(36-54)63-52(49)66-51-48(67-70-69-68-61)46(59)44(57)40(35-53)62-51)65-50(60)39(5)34-38(4)43(56)37(3)32-30-28-26-24-22-17-15-13-11-9-7-2;1-6-8-10-12-14-16-18-20-22-24-26-28-30-32-37(3)49(59)64-46-44(57)42(36-54)63-52(66-51-47(67-70-69-68-61)45(58)43(56)41(35-53)62-51)48(46)65-50(60)39(5)34-38(4)40(55)33-31-29-27-25-23-21-19-17-15-13-11-9-7-2/h37-41,43-49,51-54,56-59,61H,6-36H2,1-5H3;37-48,51-58,61H,6-36H2,1-5H3.